The van der Waals surface area contributed by atoms with E-state index in [9.17, 15) is 17.6 Å². The molecule has 0 aliphatic heterocycles. The van der Waals surface area contributed by atoms with Crippen LogP contribution >= 0.6 is 20.8 Å². The van der Waals surface area contributed by atoms with Gasteiger partial charge in [-0.1, -0.05) is 0 Å². The molecule has 158 valence electrons. The van der Waals surface area contributed by atoms with Gasteiger partial charge in [-0.3, -0.25) is 0 Å². The summed E-state index contributed by atoms with van der Waals surface area (Å²) in [6, 6.07) is 28.0. The minimum atomic E-state index is -3.80. The fourth-order valence-electron chi connectivity index (χ4n) is 4.00. The van der Waals surface area contributed by atoms with Gasteiger partial charge in [0.1, 0.15) is 0 Å². The molecular weight excluding hydrogens is 487 g/mol. The Hall–Kier alpha value is -2.49. The van der Waals surface area contributed by atoms with Gasteiger partial charge < -0.3 is 0 Å². The van der Waals surface area contributed by atoms with Gasteiger partial charge in [0.25, 0.3) is 0 Å². The molecular formula is C25H18BrF4P. The van der Waals surface area contributed by atoms with Crippen molar-refractivity contribution >= 4 is 36.7 Å². The summed E-state index contributed by atoms with van der Waals surface area (Å²) in [4.78, 5) is 0. The summed E-state index contributed by atoms with van der Waals surface area (Å²) in [5.74, 6) is -5.59. The Labute approximate surface area is 186 Å². The second kappa shape index (κ2) is 8.22. The Morgan fingerprint density at radius 3 is 1.19 bits per heavy atom. The number of benzene rings is 4. The van der Waals surface area contributed by atoms with E-state index in [1.54, 1.807) is 0 Å². The van der Waals surface area contributed by atoms with Crippen molar-refractivity contribution in [2.24, 2.45) is 0 Å². The minimum absolute atomic E-state index is 0.241. The SMILES string of the molecule is Fc1cc(F)c(F)c(CP(Br)(c2ccccc2)(c2ccccc2)c2ccccc2)c1F. The standard InChI is InChI=1S/C25H18BrF4P/c26-31(18-10-4-1-5-11-18,19-12-6-2-7-13-19,20-14-8-3-9-15-20)17-21-24(29)22(27)16-23(28)25(21)30/h1-16H,17H2. The topological polar surface area (TPSA) is 0 Å². The van der Waals surface area contributed by atoms with Crippen LogP contribution in [0.25, 0.3) is 0 Å². The van der Waals surface area contributed by atoms with Crippen molar-refractivity contribution in [3.05, 3.63) is 126 Å². The quantitative estimate of drug-likeness (QED) is 0.163. The summed E-state index contributed by atoms with van der Waals surface area (Å²) in [5.41, 5.74) is -0.622. The fraction of sp³-hybridized carbons (Fsp3) is 0.0400. The van der Waals surface area contributed by atoms with Gasteiger partial charge in [-0.05, 0) is 0 Å². The van der Waals surface area contributed by atoms with Crippen molar-refractivity contribution in [1.82, 2.24) is 0 Å². The Bertz CT molecular complexity index is 1090. The van der Waals surface area contributed by atoms with Gasteiger partial charge in [-0.25, -0.2) is 0 Å². The average molecular weight is 505 g/mol. The van der Waals surface area contributed by atoms with Crippen molar-refractivity contribution in [1.29, 1.82) is 0 Å². The molecule has 4 rings (SSSR count). The first-order valence-electron chi connectivity index (χ1n) is 9.57. The van der Waals surface area contributed by atoms with Gasteiger partial charge in [0, 0.05) is 0 Å². The maximum absolute atomic E-state index is 14.9. The van der Waals surface area contributed by atoms with Crippen molar-refractivity contribution in [2.45, 2.75) is 6.16 Å². The summed E-state index contributed by atoms with van der Waals surface area (Å²) in [7, 11) is 0. The average Bonchev–Trinajstić information content (AvgIpc) is 2.82. The van der Waals surface area contributed by atoms with Crippen LogP contribution in [-0.4, -0.2) is 0 Å². The molecule has 0 atom stereocenters. The molecule has 0 amide bonds. The van der Waals surface area contributed by atoms with Crippen molar-refractivity contribution in [2.75, 3.05) is 0 Å². The zero-order chi connectivity index (χ0) is 22.1. The van der Waals surface area contributed by atoms with E-state index in [2.05, 4.69) is 15.5 Å². The van der Waals surface area contributed by atoms with E-state index >= 15 is 0 Å². The molecule has 0 aliphatic carbocycles. The van der Waals surface area contributed by atoms with Gasteiger partial charge in [-0.15, -0.1) is 0 Å². The molecule has 0 aliphatic rings. The van der Waals surface area contributed by atoms with E-state index in [4.69, 9.17) is 0 Å². The van der Waals surface area contributed by atoms with Crippen LogP contribution in [0.4, 0.5) is 17.6 Å². The molecule has 0 heterocycles. The third kappa shape index (κ3) is 3.50. The van der Waals surface area contributed by atoms with E-state index in [1.807, 2.05) is 91.0 Å². The third-order valence-electron chi connectivity index (χ3n) is 5.54. The second-order valence-electron chi connectivity index (χ2n) is 7.29. The van der Waals surface area contributed by atoms with Crippen molar-refractivity contribution < 1.29 is 17.6 Å². The van der Waals surface area contributed by atoms with E-state index in [0.29, 0.717) is 0 Å². The van der Waals surface area contributed by atoms with E-state index in [-0.39, 0.29) is 12.2 Å². The molecule has 31 heavy (non-hydrogen) atoms. The molecule has 4 aromatic carbocycles. The predicted molar refractivity (Wildman–Crippen MR) is 124 cm³/mol. The predicted octanol–water partition coefficient (Wildman–Crippen LogP) is 6.58. The van der Waals surface area contributed by atoms with Gasteiger partial charge in [0.05, 0.1) is 0 Å². The molecule has 0 saturated heterocycles. The Morgan fingerprint density at radius 1 is 0.548 bits per heavy atom. The van der Waals surface area contributed by atoms with Crippen LogP contribution in [0.1, 0.15) is 5.56 Å². The van der Waals surface area contributed by atoms with E-state index in [1.165, 1.54) is 0 Å². The molecule has 0 nitrogen and oxygen atoms in total. The van der Waals surface area contributed by atoms with Crippen LogP contribution < -0.4 is 15.9 Å². The zero-order valence-electron chi connectivity index (χ0n) is 16.3. The molecule has 0 N–H and O–H groups in total. The second-order valence-corrected chi connectivity index (χ2v) is 16.2. The van der Waals surface area contributed by atoms with Crippen molar-refractivity contribution in [3.63, 3.8) is 0 Å². The van der Waals surface area contributed by atoms with Crippen LogP contribution in [0.15, 0.2) is 97.1 Å². The summed E-state index contributed by atoms with van der Waals surface area (Å²) in [5, 5.41) is -1.44. The molecule has 6 heteroatoms. The first kappa shape index (κ1) is 21.7. The van der Waals surface area contributed by atoms with Gasteiger partial charge in [-0.2, -0.15) is 0 Å². The van der Waals surface area contributed by atoms with Gasteiger partial charge in [0.15, 0.2) is 0 Å². The van der Waals surface area contributed by atoms with Crippen LogP contribution in [-0.2, 0) is 6.16 Å². The summed E-state index contributed by atoms with van der Waals surface area (Å²) in [6.07, 6.45) is -0.282. The Balaban J connectivity index is 2.15. The van der Waals surface area contributed by atoms with Crippen LogP contribution in [0.5, 0.6) is 0 Å². The summed E-state index contributed by atoms with van der Waals surface area (Å²) < 4.78 is 58.1. The van der Waals surface area contributed by atoms with Gasteiger partial charge in [0.2, 0.25) is 0 Å². The summed E-state index contributed by atoms with van der Waals surface area (Å²) in [6.45, 7) is 0. The maximum atomic E-state index is 14.9. The molecule has 0 fully saturated rings. The fourth-order valence-corrected chi connectivity index (χ4v) is 11.6. The van der Waals surface area contributed by atoms with Crippen molar-refractivity contribution in [3.8, 4) is 0 Å². The number of hydrogen-bond donors (Lipinski definition) is 0. The molecule has 0 bridgehead atoms. The first-order chi connectivity index (χ1) is 14.9. The normalized spacial score (nSPS) is 12.9. The molecule has 0 spiro atoms. The van der Waals surface area contributed by atoms with Crippen LogP contribution in [0.3, 0.4) is 0 Å². The van der Waals surface area contributed by atoms with Gasteiger partial charge >= 0.3 is 186 Å². The molecule has 0 saturated carbocycles. The van der Waals surface area contributed by atoms with Crippen LogP contribution in [0, 0.1) is 23.3 Å². The Kier molecular flexibility index (Phi) is 5.76. The summed E-state index contributed by atoms with van der Waals surface area (Å²) >= 11 is 4.02. The zero-order valence-corrected chi connectivity index (χ0v) is 18.8. The number of halogens is 5. The molecule has 0 unspecified atom stereocenters. The molecule has 4 aromatic rings. The molecule has 0 radical (unpaired) electrons. The first-order valence-corrected chi connectivity index (χ1v) is 14.0. The monoisotopic (exact) mass is 504 g/mol. The van der Waals surface area contributed by atoms with E-state index in [0.717, 1.165) is 15.9 Å². The van der Waals surface area contributed by atoms with Crippen LogP contribution in [0.2, 0.25) is 0 Å². The number of rotatable bonds is 5. The Morgan fingerprint density at radius 2 is 0.871 bits per heavy atom. The molecule has 0 aromatic heterocycles. The third-order valence-corrected chi connectivity index (χ3v) is 15.0. The number of hydrogen-bond acceptors (Lipinski definition) is 0. The van der Waals surface area contributed by atoms with E-state index < -0.39 is 34.1 Å².